The maximum Gasteiger partial charge on any atom is 0.163 e. The molecule has 0 unspecified atom stereocenters. The number of ketones is 1. The monoisotopic (exact) mass is 286 g/mol. The van der Waals surface area contributed by atoms with Crippen molar-refractivity contribution >= 4 is 21.7 Å². The summed E-state index contributed by atoms with van der Waals surface area (Å²) in [6, 6.07) is 4.43. The second-order valence-corrected chi connectivity index (χ2v) is 4.79. The van der Waals surface area contributed by atoms with Crippen molar-refractivity contribution < 1.29 is 9.18 Å². The Balaban J connectivity index is 2.76. The zero-order valence-electron chi connectivity index (χ0n) is 9.59. The van der Waals surface area contributed by atoms with Gasteiger partial charge in [0.1, 0.15) is 5.82 Å². The molecule has 1 nitrogen and oxygen atoms in total. The number of carbonyl (C=O) groups is 1. The minimum Gasteiger partial charge on any atom is -0.294 e. The van der Waals surface area contributed by atoms with Crippen molar-refractivity contribution in [2.24, 2.45) is 5.92 Å². The van der Waals surface area contributed by atoms with Gasteiger partial charge in [0.2, 0.25) is 0 Å². The predicted molar refractivity (Wildman–Crippen MR) is 67.1 cm³/mol. The van der Waals surface area contributed by atoms with Crippen molar-refractivity contribution in [2.45, 2.75) is 33.1 Å². The summed E-state index contributed by atoms with van der Waals surface area (Å²) in [4.78, 5) is 11.9. The van der Waals surface area contributed by atoms with Gasteiger partial charge < -0.3 is 0 Å². The van der Waals surface area contributed by atoms with Crippen molar-refractivity contribution in [3.8, 4) is 0 Å². The first-order valence-electron chi connectivity index (χ1n) is 5.56. The minimum atomic E-state index is -0.334. The average molecular weight is 287 g/mol. The molecule has 0 spiro atoms. The van der Waals surface area contributed by atoms with Gasteiger partial charge in [-0.25, -0.2) is 4.39 Å². The highest BCUT2D eigenvalue weighted by Crippen LogP contribution is 2.20. The molecule has 0 N–H and O–H groups in total. The zero-order valence-corrected chi connectivity index (χ0v) is 11.2. The summed E-state index contributed by atoms with van der Waals surface area (Å²) >= 11 is 3.09. The van der Waals surface area contributed by atoms with Gasteiger partial charge in [-0.3, -0.25) is 4.79 Å². The Morgan fingerprint density at radius 3 is 2.50 bits per heavy atom. The summed E-state index contributed by atoms with van der Waals surface area (Å²) in [6.07, 6.45) is 2.56. The number of halogens is 2. The normalized spacial score (nSPS) is 10.8. The van der Waals surface area contributed by atoms with E-state index in [0.29, 0.717) is 22.4 Å². The second-order valence-electron chi connectivity index (χ2n) is 3.94. The molecule has 0 fully saturated rings. The molecule has 1 aromatic carbocycles. The van der Waals surface area contributed by atoms with Gasteiger partial charge in [0.25, 0.3) is 0 Å². The lowest BCUT2D eigenvalue weighted by atomic mass is 9.94. The third-order valence-corrected chi connectivity index (χ3v) is 3.48. The number of hydrogen-bond acceptors (Lipinski definition) is 1. The van der Waals surface area contributed by atoms with Crippen molar-refractivity contribution in [3.05, 3.63) is 34.1 Å². The van der Waals surface area contributed by atoms with Crippen LogP contribution >= 0.6 is 15.9 Å². The van der Waals surface area contributed by atoms with Crippen molar-refractivity contribution in [1.82, 2.24) is 0 Å². The molecule has 0 bridgehead atoms. The smallest absolute Gasteiger partial charge is 0.163 e. The van der Waals surface area contributed by atoms with Gasteiger partial charge in [0, 0.05) is 12.0 Å². The standard InChI is InChI=1S/C13H16BrFO/c1-3-9(4-2)7-13(16)10-5-6-12(15)11(14)8-10/h5-6,8-9H,3-4,7H2,1-2H3. The van der Waals surface area contributed by atoms with Crippen LogP contribution in [-0.4, -0.2) is 5.78 Å². The van der Waals surface area contributed by atoms with Crippen LogP contribution in [0.15, 0.2) is 22.7 Å². The van der Waals surface area contributed by atoms with Crippen molar-refractivity contribution in [2.75, 3.05) is 0 Å². The Labute approximate surface area is 104 Å². The van der Waals surface area contributed by atoms with Crippen LogP contribution in [0.2, 0.25) is 0 Å². The first kappa shape index (κ1) is 13.4. The van der Waals surface area contributed by atoms with Crippen LogP contribution in [-0.2, 0) is 0 Å². The van der Waals surface area contributed by atoms with E-state index in [1.165, 1.54) is 6.07 Å². The van der Waals surface area contributed by atoms with E-state index < -0.39 is 0 Å². The average Bonchev–Trinajstić information content (AvgIpc) is 2.29. The summed E-state index contributed by atoms with van der Waals surface area (Å²) in [7, 11) is 0. The molecular formula is C13H16BrFO. The lowest BCUT2D eigenvalue weighted by molar-refractivity contribution is 0.0958. The molecule has 1 aromatic rings. The number of carbonyl (C=O) groups excluding carboxylic acids is 1. The maximum atomic E-state index is 13.0. The Hall–Kier alpha value is -0.700. The molecule has 0 aliphatic heterocycles. The molecular weight excluding hydrogens is 271 g/mol. The molecule has 0 aliphatic rings. The van der Waals surface area contributed by atoms with Crippen LogP contribution in [0.1, 0.15) is 43.5 Å². The first-order chi connectivity index (χ1) is 7.58. The minimum absolute atomic E-state index is 0.0920. The number of rotatable bonds is 5. The third kappa shape index (κ3) is 3.41. The Kier molecular flexibility index (Phi) is 5.13. The lowest BCUT2D eigenvalue weighted by Gasteiger charge is -2.11. The van der Waals surface area contributed by atoms with E-state index in [1.54, 1.807) is 12.1 Å². The fourth-order valence-electron chi connectivity index (χ4n) is 1.63. The van der Waals surface area contributed by atoms with E-state index in [1.807, 2.05) is 0 Å². The third-order valence-electron chi connectivity index (χ3n) is 2.87. The number of Topliss-reactive ketones (excluding diaryl/α,β-unsaturated/α-hetero) is 1. The highest BCUT2D eigenvalue weighted by molar-refractivity contribution is 9.10. The van der Waals surface area contributed by atoms with E-state index >= 15 is 0 Å². The molecule has 0 saturated heterocycles. The van der Waals surface area contributed by atoms with Crippen LogP contribution in [0.4, 0.5) is 4.39 Å². The van der Waals surface area contributed by atoms with Gasteiger partial charge in [-0.1, -0.05) is 26.7 Å². The topological polar surface area (TPSA) is 17.1 Å². The quantitative estimate of drug-likeness (QED) is 0.723. The van der Waals surface area contributed by atoms with Crippen LogP contribution in [0.3, 0.4) is 0 Å². The highest BCUT2D eigenvalue weighted by Gasteiger charge is 2.13. The van der Waals surface area contributed by atoms with Gasteiger partial charge in [-0.15, -0.1) is 0 Å². The first-order valence-corrected chi connectivity index (χ1v) is 6.36. The molecule has 0 aliphatic carbocycles. The fourth-order valence-corrected chi connectivity index (χ4v) is 2.01. The Bertz CT molecular complexity index is 372. The largest absolute Gasteiger partial charge is 0.294 e. The molecule has 16 heavy (non-hydrogen) atoms. The summed E-state index contributed by atoms with van der Waals surface area (Å²) in [5.74, 6) is 0.185. The molecule has 0 aromatic heterocycles. The SMILES string of the molecule is CCC(CC)CC(=O)c1ccc(F)c(Br)c1. The fraction of sp³-hybridized carbons (Fsp3) is 0.462. The summed E-state index contributed by atoms with van der Waals surface area (Å²) in [6.45, 7) is 4.17. The van der Waals surface area contributed by atoms with E-state index in [-0.39, 0.29) is 11.6 Å². The molecule has 0 radical (unpaired) electrons. The van der Waals surface area contributed by atoms with Crippen molar-refractivity contribution in [3.63, 3.8) is 0 Å². The molecule has 0 heterocycles. The van der Waals surface area contributed by atoms with Gasteiger partial charge in [-0.2, -0.15) is 0 Å². The van der Waals surface area contributed by atoms with Crippen LogP contribution < -0.4 is 0 Å². The molecule has 88 valence electrons. The molecule has 1 rings (SSSR count). The van der Waals surface area contributed by atoms with Crippen LogP contribution in [0.25, 0.3) is 0 Å². The second kappa shape index (κ2) is 6.14. The number of hydrogen-bond donors (Lipinski definition) is 0. The predicted octanol–water partition coefficient (Wildman–Crippen LogP) is 4.60. The Morgan fingerprint density at radius 2 is 2.00 bits per heavy atom. The number of benzene rings is 1. The van der Waals surface area contributed by atoms with Gasteiger partial charge >= 0.3 is 0 Å². The summed E-state index contributed by atoms with van der Waals surface area (Å²) in [5.41, 5.74) is 0.583. The summed E-state index contributed by atoms with van der Waals surface area (Å²) < 4.78 is 13.3. The molecule has 0 amide bonds. The Morgan fingerprint density at radius 1 is 1.38 bits per heavy atom. The van der Waals surface area contributed by atoms with E-state index in [0.717, 1.165) is 12.8 Å². The van der Waals surface area contributed by atoms with E-state index in [2.05, 4.69) is 29.8 Å². The van der Waals surface area contributed by atoms with Gasteiger partial charge in [0.05, 0.1) is 4.47 Å². The lowest BCUT2D eigenvalue weighted by Crippen LogP contribution is -2.07. The van der Waals surface area contributed by atoms with Crippen molar-refractivity contribution in [1.29, 1.82) is 0 Å². The summed E-state index contributed by atoms with van der Waals surface area (Å²) in [5, 5.41) is 0. The van der Waals surface area contributed by atoms with Gasteiger partial charge in [0.15, 0.2) is 5.78 Å². The van der Waals surface area contributed by atoms with E-state index in [4.69, 9.17) is 0 Å². The van der Waals surface area contributed by atoms with Crippen LogP contribution in [0.5, 0.6) is 0 Å². The molecule has 3 heteroatoms. The highest BCUT2D eigenvalue weighted by atomic mass is 79.9. The van der Waals surface area contributed by atoms with Gasteiger partial charge in [-0.05, 0) is 40.0 Å². The zero-order chi connectivity index (χ0) is 12.1. The van der Waals surface area contributed by atoms with Crippen LogP contribution in [0, 0.1) is 11.7 Å². The molecule has 0 saturated carbocycles. The van der Waals surface area contributed by atoms with E-state index in [9.17, 15) is 9.18 Å². The maximum absolute atomic E-state index is 13.0. The molecule has 0 atom stereocenters.